The molecule has 344 valence electrons. The van der Waals surface area contributed by atoms with Gasteiger partial charge in [0.05, 0.1) is 11.3 Å². The van der Waals surface area contributed by atoms with E-state index in [1.165, 1.54) is 39.0 Å². The first-order valence-electron chi connectivity index (χ1n) is 16.4. The third kappa shape index (κ3) is 25.5. The van der Waals surface area contributed by atoms with Crippen LogP contribution < -0.4 is 10.9 Å². The van der Waals surface area contributed by atoms with Crippen LogP contribution in [0.2, 0.25) is 0 Å². The Morgan fingerprint density at radius 3 is 1.19 bits per heavy atom. The van der Waals surface area contributed by atoms with Crippen molar-refractivity contribution in [3.63, 3.8) is 0 Å². The zero-order valence-electron chi connectivity index (χ0n) is 34.0. The van der Waals surface area contributed by atoms with Crippen LogP contribution in [0.5, 0.6) is 0 Å². The molecule has 6 aromatic heterocycles. The first-order valence-corrected chi connectivity index (χ1v) is 17.2. The van der Waals surface area contributed by atoms with E-state index in [2.05, 4.69) is 59.8 Å². The standard InChI is InChI=1S/C11H8F2N2.C6H6BrN.2C5H4BF2NO2.C5H3F2N.C3H9BO3.CH3.2BH4.H/c1-7-4-5-14-9(6-7)8-2-3-10(12)15-11(8)13;1-5-2-3-8-6(7)4-5;2*7-4-2-1-3(6(10)11)5(8)9-4;6-4-2-1-3-5(7)8-4;1-5-4(6-2)7-3;;;;/h2-6H,1H3;2-4H,1H3;2*1-2,10-11H;1-3H;1-3H3;1H3;2*1H4;/q;;;;;;4*-1/i;;;;;;;;;1+1. The van der Waals surface area contributed by atoms with Gasteiger partial charge in [-0.25, -0.2) is 4.98 Å². The molecule has 0 unspecified atom stereocenters. The highest BCUT2D eigenvalue weighted by Gasteiger charge is 2.18. The van der Waals surface area contributed by atoms with Crippen LogP contribution >= 0.6 is 15.9 Å². The Kier molecular flexibility index (Phi) is 33.0. The molecule has 63 heavy (non-hydrogen) atoms. The van der Waals surface area contributed by atoms with Crippen molar-refractivity contribution in [1.82, 2.24) is 29.9 Å². The minimum atomic E-state index is -1.96. The highest BCUT2D eigenvalue weighted by molar-refractivity contribution is 9.10. The Balaban J connectivity index is -0.000000340. The molecule has 4 N–H and O–H groups in total. The number of rotatable bonds is 6. The molecule has 0 aliphatic heterocycles. The van der Waals surface area contributed by atoms with Gasteiger partial charge >= 0.3 is 21.6 Å². The van der Waals surface area contributed by atoms with Crippen molar-refractivity contribution in [2.45, 2.75) is 13.8 Å². The molecule has 0 atom stereocenters. The maximum absolute atomic E-state index is 13.3. The second kappa shape index (κ2) is 33.4. The van der Waals surface area contributed by atoms with Crippen LogP contribution in [0.4, 0.5) is 35.1 Å². The lowest BCUT2D eigenvalue weighted by atomic mass is 9.81. The molecular weight excluding hydrogens is 914 g/mol. The topological polar surface area (TPSA) is 186 Å². The van der Waals surface area contributed by atoms with Crippen LogP contribution in [-0.4, -0.2) is 110 Å². The summed E-state index contributed by atoms with van der Waals surface area (Å²) in [5.74, 6) is -7.65. The number of nitrogens with zero attached hydrogens (tertiary/aromatic N) is 6. The molecule has 6 rings (SSSR count). The van der Waals surface area contributed by atoms with E-state index in [0.29, 0.717) is 5.69 Å². The number of hydrogen-bond acceptors (Lipinski definition) is 13. The molecule has 0 aliphatic carbocycles. The zero-order valence-corrected chi connectivity index (χ0v) is 34.6. The third-order valence-electron chi connectivity index (χ3n) is 6.39. The van der Waals surface area contributed by atoms with E-state index in [0.717, 1.165) is 52.6 Å². The van der Waals surface area contributed by atoms with Crippen LogP contribution in [0.3, 0.4) is 0 Å². The number of aryl methyl sites for hydroxylation is 2. The van der Waals surface area contributed by atoms with Gasteiger partial charge in [-0.3, -0.25) is 4.98 Å². The molecule has 0 saturated carbocycles. The maximum atomic E-state index is 13.3. The number of aromatic nitrogens is 6. The summed E-state index contributed by atoms with van der Waals surface area (Å²) in [6.45, 7) is 3.91. The van der Waals surface area contributed by atoms with E-state index in [9.17, 15) is 35.1 Å². The van der Waals surface area contributed by atoms with Crippen molar-refractivity contribution in [1.29, 1.82) is 0 Å². The molecular formula is C36H46B5BrF8N6O7-4. The van der Waals surface area contributed by atoms with E-state index in [1.807, 2.05) is 26.0 Å². The summed E-state index contributed by atoms with van der Waals surface area (Å²) in [7, 11) is 0.110. The van der Waals surface area contributed by atoms with Crippen LogP contribution in [0.1, 0.15) is 12.6 Å². The Bertz CT molecular complexity index is 2070. The minimum Gasteiger partial charge on any atom is -1.00 e. The molecule has 0 radical (unpaired) electrons. The van der Waals surface area contributed by atoms with Gasteiger partial charge in [0.2, 0.25) is 47.6 Å². The van der Waals surface area contributed by atoms with E-state index < -0.39 is 80.1 Å². The monoisotopic (exact) mass is 961 g/mol. The predicted octanol–water partition coefficient (Wildman–Crippen LogP) is 1.89. The largest absolute Gasteiger partial charge is 1.00 e. The molecule has 13 nitrogen and oxygen atoms in total. The molecule has 0 saturated heterocycles. The zero-order chi connectivity index (χ0) is 45.4. The highest BCUT2D eigenvalue weighted by Crippen LogP contribution is 2.20. The Labute approximate surface area is 373 Å². The summed E-state index contributed by atoms with van der Waals surface area (Å²) < 4.78 is 113. The molecule has 6 aromatic rings. The molecule has 0 aliphatic rings. The van der Waals surface area contributed by atoms with E-state index >= 15 is 0 Å². The Hall–Kier alpha value is -5.14. The number of hydrogen-bond donors (Lipinski definition) is 4. The van der Waals surface area contributed by atoms with Gasteiger partial charge in [-0.15, -0.1) is 0 Å². The first-order chi connectivity index (χ1) is 28.3. The normalized spacial score (nSPS) is 9.24. The summed E-state index contributed by atoms with van der Waals surface area (Å²) >= 11 is 3.25. The predicted molar refractivity (Wildman–Crippen MR) is 238 cm³/mol. The summed E-state index contributed by atoms with van der Waals surface area (Å²) in [5, 5.41) is 33.8. The van der Waals surface area contributed by atoms with Gasteiger partial charge in [-0.05, 0) is 102 Å². The number of halogens is 9. The molecule has 27 heteroatoms. The summed E-state index contributed by atoms with van der Waals surface area (Å²) in [5.41, 5.74) is 1.98. The van der Waals surface area contributed by atoms with Crippen molar-refractivity contribution in [3.8, 4) is 11.3 Å². The van der Waals surface area contributed by atoms with Crippen molar-refractivity contribution in [2.75, 3.05) is 21.3 Å². The molecule has 0 fully saturated rings. The minimum absolute atomic E-state index is 0. The van der Waals surface area contributed by atoms with Crippen molar-refractivity contribution in [3.05, 3.63) is 162 Å². The highest BCUT2D eigenvalue weighted by atomic mass is 79.9. The average Bonchev–Trinajstić information content (AvgIpc) is 3.16. The van der Waals surface area contributed by atoms with Crippen molar-refractivity contribution < 1.29 is 70.6 Å². The Morgan fingerprint density at radius 2 is 0.905 bits per heavy atom. The van der Waals surface area contributed by atoms with E-state index in [4.69, 9.17) is 20.1 Å². The van der Waals surface area contributed by atoms with Gasteiger partial charge in [0.15, 0.2) is 0 Å². The lowest BCUT2D eigenvalue weighted by Crippen LogP contribution is -2.33. The molecule has 0 bridgehead atoms. The number of pyridine rings is 6. The van der Waals surface area contributed by atoms with Gasteiger partial charge < -0.3 is 42.9 Å². The summed E-state index contributed by atoms with van der Waals surface area (Å²) in [4.78, 5) is 19.4. The fraction of sp³-hybridized carbons (Fsp3) is 0.139. The summed E-state index contributed by atoms with van der Waals surface area (Å²) in [6, 6.07) is 16.9. The quantitative estimate of drug-likeness (QED) is 0.0823. The molecule has 6 heterocycles. The second-order valence-electron chi connectivity index (χ2n) is 10.9. The lowest BCUT2D eigenvalue weighted by Gasteiger charge is -2.02. The third-order valence-corrected chi connectivity index (χ3v) is 6.82. The lowest BCUT2D eigenvalue weighted by molar-refractivity contribution is 0.163. The van der Waals surface area contributed by atoms with Gasteiger partial charge in [-0.2, -0.15) is 55.1 Å². The average molecular weight is 962 g/mol. The van der Waals surface area contributed by atoms with Crippen molar-refractivity contribution in [2.24, 2.45) is 0 Å². The van der Waals surface area contributed by atoms with Crippen LogP contribution in [0, 0.1) is 68.9 Å². The van der Waals surface area contributed by atoms with E-state index in [-0.39, 0.29) is 31.2 Å². The molecule has 0 spiro atoms. The van der Waals surface area contributed by atoms with Gasteiger partial charge in [0, 0.05) is 44.6 Å². The SMILES string of the molecule is COB(OC)OC.Cc1ccnc(-c2ccc(F)nc2F)c1.Cc1ccnc(Br)c1.Fc1cccc(F)n1.OB(O)c1ccc(F)nc1F.OB(O)c1ccc(F)nc1F.[2H-].[BH4-].[BH4-].[CH3-]. The van der Waals surface area contributed by atoms with Gasteiger partial charge in [0.1, 0.15) is 4.60 Å². The molecule has 0 amide bonds. The van der Waals surface area contributed by atoms with Gasteiger partial charge in [-0.1, -0.05) is 35.0 Å². The maximum Gasteiger partial charge on any atom is 0.638 e. The van der Waals surface area contributed by atoms with E-state index in [1.54, 1.807) is 24.5 Å². The first kappa shape index (κ1) is 62.2. The molecule has 0 aromatic carbocycles. The second-order valence-corrected chi connectivity index (χ2v) is 11.7. The van der Waals surface area contributed by atoms with Crippen molar-refractivity contribution >= 4 is 65.2 Å². The van der Waals surface area contributed by atoms with Crippen LogP contribution in [-0.2, 0) is 14.0 Å². The van der Waals surface area contributed by atoms with Gasteiger partial charge in [0.25, 0.3) is 0 Å². The van der Waals surface area contributed by atoms with Crippen LogP contribution in [0.25, 0.3) is 11.3 Å². The van der Waals surface area contributed by atoms with Crippen LogP contribution in [0.15, 0.2) is 95.9 Å². The smallest absolute Gasteiger partial charge is 0.638 e. The fourth-order valence-corrected chi connectivity index (χ4v) is 4.17. The fourth-order valence-electron chi connectivity index (χ4n) is 3.69. The Morgan fingerprint density at radius 1 is 0.524 bits per heavy atom. The summed E-state index contributed by atoms with van der Waals surface area (Å²) in [6.07, 6.45) is 3.35.